The maximum Gasteiger partial charge on any atom is 0.573 e. The molecule has 0 aliphatic carbocycles. The predicted molar refractivity (Wildman–Crippen MR) is 70.1 cm³/mol. The zero-order valence-corrected chi connectivity index (χ0v) is 11.1. The third-order valence-corrected chi connectivity index (χ3v) is 2.74. The summed E-state index contributed by atoms with van der Waals surface area (Å²) in [7, 11) is 0. The number of nitrogens with zero attached hydrogens (tertiary/aromatic N) is 1. The van der Waals surface area contributed by atoms with Crippen LogP contribution in [0.2, 0.25) is 0 Å². The third-order valence-electron chi connectivity index (χ3n) is 2.74. The van der Waals surface area contributed by atoms with Gasteiger partial charge in [-0.2, -0.15) is 0 Å². The van der Waals surface area contributed by atoms with Gasteiger partial charge in [-0.1, -0.05) is 12.1 Å². The van der Waals surface area contributed by atoms with Gasteiger partial charge in [0.15, 0.2) is 5.78 Å². The van der Waals surface area contributed by atoms with Crippen LogP contribution >= 0.6 is 0 Å². The number of halogens is 3. The SMILES string of the molecule is Cc1cc(C(=O)Cc2ccc(OC(F)(F)F)cc2)ccn1. The molecule has 0 bridgehead atoms. The van der Waals surface area contributed by atoms with Crippen LogP contribution in [0.15, 0.2) is 42.6 Å². The van der Waals surface area contributed by atoms with E-state index in [1.165, 1.54) is 24.3 Å². The van der Waals surface area contributed by atoms with Gasteiger partial charge in [0.2, 0.25) is 0 Å². The van der Waals surface area contributed by atoms with Crippen LogP contribution in [0.25, 0.3) is 0 Å². The minimum atomic E-state index is -4.72. The molecule has 0 unspecified atom stereocenters. The van der Waals surface area contributed by atoms with Crippen molar-refractivity contribution in [2.75, 3.05) is 0 Å². The highest BCUT2D eigenvalue weighted by atomic mass is 19.4. The molecule has 0 saturated carbocycles. The van der Waals surface area contributed by atoms with E-state index >= 15 is 0 Å². The van der Waals surface area contributed by atoms with Gasteiger partial charge in [-0.3, -0.25) is 9.78 Å². The fourth-order valence-corrected chi connectivity index (χ4v) is 1.82. The summed E-state index contributed by atoms with van der Waals surface area (Å²) < 4.78 is 39.9. The summed E-state index contributed by atoms with van der Waals surface area (Å²) in [6.07, 6.45) is -3.06. The fourth-order valence-electron chi connectivity index (χ4n) is 1.82. The summed E-state index contributed by atoms with van der Waals surface area (Å²) >= 11 is 0. The zero-order valence-electron chi connectivity index (χ0n) is 11.1. The number of Topliss-reactive ketones (excluding diaryl/α,β-unsaturated/α-hetero) is 1. The van der Waals surface area contributed by atoms with Crippen molar-refractivity contribution in [1.82, 2.24) is 4.98 Å². The molecular formula is C15H12F3NO2. The lowest BCUT2D eigenvalue weighted by Gasteiger charge is -2.09. The topological polar surface area (TPSA) is 39.2 Å². The lowest BCUT2D eigenvalue weighted by molar-refractivity contribution is -0.274. The first-order chi connectivity index (χ1) is 9.83. The van der Waals surface area contributed by atoms with Crippen LogP contribution in [0.5, 0.6) is 5.75 Å². The quantitative estimate of drug-likeness (QED) is 0.807. The van der Waals surface area contributed by atoms with Crippen LogP contribution < -0.4 is 4.74 Å². The maximum atomic E-state index is 12.0. The van der Waals surface area contributed by atoms with Gasteiger partial charge < -0.3 is 4.74 Å². The van der Waals surface area contributed by atoms with Crippen LogP contribution in [0.4, 0.5) is 13.2 Å². The van der Waals surface area contributed by atoms with E-state index in [4.69, 9.17) is 0 Å². The van der Waals surface area contributed by atoms with Gasteiger partial charge >= 0.3 is 6.36 Å². The number of alkyl halides is 3. The molecule has 2 rings (SSSR count). The summed E-state index contributed by atoms with van der Waals surface area (Å²) in [6, 6.07) is 8.53. The van der Waals surface area contributed by atoms with Gasteiger partial charge in [0.1, 0.15) is 5.75 Å². The smallest absolute Gasteiger partial charge is 0.406 e. The van der Waals surface area contributed by atoms with E-state index in [1.54, 1.807) is 25.3 Å². The van der Waals surface area contributed by atoms with Crippen molar-refractivity contribution in [3.05, 3.63) is 59.4 Å². The monoisotopic (exact) mass is 295 g/mol. The number of ether oxygens (including phenoxy) is 1. The Morgan fingerprint density at radius 2 is 1.86 bits per heavy atom. The van der Waals surface area contributed by atoms with E-state index in [0.29, 0.717) is 11.1 Å². The number of carbonyl (C=O) groups is 1. The van der Waals surface area contributed by atoms with Crippen molar-refractivity contribution in [3.8, 4) is 5.75 Å². The highest BCUT2D eigenvalue weighted by Crippen LogP contribution is 2.23. The Balaban J connectivity index is 2.05. The Bertz CT molecular complexity index is 636. The van der Waals surface area contributed by atoms with E-state index < -0.39 is 6.36 Å². The molecule has 6 heteroatoms. The maximum absolute atomic E-state index is 12.0. The van der Waals surface area contributed by atoms with Gasteiger partial charge in [0.25, 0.3) is 0 Å². The Labute approximate surface area is 119 Å². The molecule has 0 amide bonds. The lowest BCUT2D eigenvalue weighted by Crippen LogP contribution is -2.17. The Morgan fingerprint density at radius 3 is 2.43 bits per heavy atom. The summed E-state index contributed by atoms with van der Waals surface area (Å²) in [5.41, 5.74) is 1.87. The van der Waals surface area contributed by atoms with Gasteiger partial charge in [-0.05, 0) is 36.8 Å². The molecule has 2 aromatic rings. The third kappa shape index (κ3) is 4.59. The zero-order chi connectivity index (χ0) is 15.5. The highest BCUT2D eigenvalue weighted by molar-refractivity contribution is 5.97. The van der Waals surface area contributed by atoms with Crippen LogP contribution in [0.3, 0.4) is 0 Å². The van der Waals surface area contributed by atoms with Gasteiger partial charge in [0, 0.05) is 23.9 Å². The molecule has 0 aliphatic rings. The molecule has 1 aromatic carbocycles. The summed E-state index contributed by atoms with van der Waals surface area (Å²) in [4.78, 5) is 16.0. The molecule has 0 radical (unpaired) electrons. The number of aryl methyl sites for hydroxylation is 1. The van der Waals surface area contributed by atoms with Crippen molar-refractivity contribution in [2.24, 2.45) is 0 Å². The minimum Gasteiger partial charge on any atom is -0.406 e. The molecule has 1 heterocycles. The van der Waals surface area contributed by atoms with Crippen LogP contribution in [-0.4, -0.2) is 17.1 Å². The molecule has 0 saturated heterocycles. The van der Waals surface area contributed by atoms with Crippen molar-refractivity contribution in [1.29, 1.82) is 0 Å². The van der Waals surface area contributed by atoms with E-state index in [0.717, 1.165) is 5.69 Å². The number of ketones is 1. The molecule has 0 spiro atoms. The van der Waals surface area contributed by atoms with E-state index in [1.807, 2.05) is 0 Å². The Hall–Kier alpha value is -2.37. The second-order valence-electron chi connectivity index (χ2n) is 4.48. The van der Waals surface area contributed by atoms with Crippen molar-refractivity contribution < 1.29 is 22.7 Å². The van der Waals surface area contributed by atoms with Crippen molar-refractivity contribution >= 4 is 5.78 Å². The Morgan fingerprint density at radius 1 is 1.19 bits per heavy atom. The molecule has 110 valence electrons. The number of hydrogen-bond acceptors (Lipinski definition) is 3. The first-order valence-electron chi connectivity index (χ1n) is 6.14. The van der Waals surface area contributed by atoms with Crippen LogP contribution in [0, 0.1) is 6.92 Å². The summed E-state index contributed by atoms with van der Waals surface area (Å²) in [5, 5.41) is 0. The van der Waals surface area contributed by atoms with Crippen molar-refractivity contribution in [3.63, 3.8) is 0 Å². The van der Waals surface area contributed by atoms with Gasteiger partial charge in [0.05, 0.1) is 0 Å². The van der Waals surface area contributed by atoms with Crippen LogP contribution in [0.1, 0.15) is 21.6 Å². The van der Waals surface area contributed by atoms with Gasteiger partial charge in [-0.15, -0.1) is 13.2 Å². The minimum absolute atomic E-state index is 0.107. The standard InChI is InChI=1S/C15H12F3NO2/c1-10-8-12(6-7-19-10)14(20)9-11-2-4-13(5-3-11)21-15(16,17)18/h2-8H,9H2,1H3. The van der Waals surface area contributed by atoms with Crippen LogP contribution in [-0.2, 0) is 6.42 Å². The summed E-state index contributed by atoms with van der Waals surface area (Å²) in [5.74, 6) is -0.427. The molecule has 3 nitrogen and oxygen atoms in total. The van der Waals surface area contributed by atoms with E-state index in [2.05, 4.69) is 9.72 Å². The molecule has 21 heavy (non-hydrogen) atoms. The number of pyridine rings is 1. The van der Waals surface area contributed by atoms with Gasteiger partial charge in [-0.25, -0.2) is 0 Å². The molecule has 0 N–H and O–H groups in total. The largest absolute Gasteiger partial charge is 0.573 e. The highest BCUT2D eigenvalue weighted by Gasteiger charge is 2.30. The molecular weight excluding hydrogens is 283 g/mol. The van der Waals surface area contributed by atoms with Crippen molar-refractivity contribution in [2.45, 2.75) is 19.7 Å². The number of hydrogen-bond donors (Lipinski definition) is 0. The fraction of sp³-hybridized carbons (Fsp3) is 0.200. The Kier molecular flexibility index (Phi) is 4.26. The number of benzene rings is 1. The second kappa shape index (κ2) is 5.95. The number of carbonyl (C=O) groups excluding carboxylic acids is 1. The first-order valence-corrected chi connectivity index (χ1v) is 6.14. The average Bonchev–Trinajstić information content (AvgIpc) is 2.39. The molecule has 1 aromatic heterocycles. The predicted octanol–water partition coefficient (Wildman–Crippen LogP) is 3.71. The molecule has 0 aliphatic heterocycles. The second-order valence-corrected chi connectivity index (χ2v) is 4.48. The molecule has 0 atom stereocenters. The number of rotatable bonds is 4. The number of aromatic nitrogens is 1. The normalized spacial score (nSPS) is 11.2. The van der Waals surface area contributed by atoms with E-state index in [-0.39, 0.29) is 18.0 Å². The average molecular weight is 295 g/mol. The lowest BCUT2D eigenvalue weighted by atomic mass is 10.0. The molecule has 0 fully saturated rings. The van der Waals surface area contributed by atoms with E-state index in [9.17, 15) is 18.0 Å². The summed E-state index contributed by atoms with van der Waals surface area (Å²) in [6.45, 7) is 1.78. The first kappa shape index (κ1) is 15.0.